The lowest BCUT2D eigenvalue weighted by atomic mass is 10.1. The number of benzene rings is 1. The number of imidazole rings is 1. The first kappa shape index (κ1) is 13.2. The second kappa shape index (κ2) is 5.15. The lowest BCUT2D eigenvalue weighted by molar-refractivity contribution is -0.138. The lowest BCUT2D eigenvalue weighted by Crippen LogP contribution is -2.32. The van der Waals surface area contributed by atoms with Crippen molar-refractivity contribution in [1.82, 2.24) is 9.97 Å². The summed E-state index contributed by atoms with van der Waals surface area (Å²) in [7, 11) is 0. The predicted molar refractivity (Wildman–Crippen MR) is 63.3 cm³/mol. The number of nitrogens with zero attached hydrogens (tertiary/aromatic N) is 1. The van der Waals surface area contributed by atoms with Gasteiger partial charge in [0, 0.05) is 12.0 Å². The van der Waals surface area contributed by atoms with Crippen LogP contribution in [0.15, 0.2) is 24.4 Å². The molecule has 2 rings (SSSR count). The van der Waals surface area contributed by atoms with Crippen molar-refractivity contribution in [3.05, 3.63) is 41.9 Å². The molecule has 0 aliphatic carbocycles. The predicted octanol–water partition coefficient (Wildman–Crippen LogP) is 1.31. The summed E-state index contributed by atoms with van der Waals surface area (Å²) in [6, 6.07) is 2.37. The number of nitrogens with one attached hydrogen (secondary N) is 1. The van der Waals surface area contributed by atoms with Crippen molar-refractivity contribution < 1.29 is 18.7 Å². The van der Waals surface area contributed by atoms with Crippen molar-refractivity contribution in [2.75, 3.05) is 0 Å². The van der Waals surface area contributed by atoms with E-state index in [1.54, 1.807) is 0 Å². The number of hydrogen-bond donors (Lipinski definition) is 3. The number of carboxylic acids is 1. The van der Waals surface area contributed by atoms with Gasteiger partial charge >= 0.3 is 5.97 Å². The van der Waals surface area contributed by atoms with E-state index in [4.69, 9.17) is 10.8 Å². The van der Waals surface area contributed by atoms with Gasteiger partial charge in [0.05, 0.1) is 11.9 Å². The van der Waals surface area contributed by atoms with Crippen LogP contribution in [0.25, 0.3) is 11.3 Å². The molecular formula is C12H11F2N3O2. The molecule has 1 atom stereocenters. The number of carbonyl (C=O) groups is 1. The fraction of sp³-hybridized carbons (Fsp3) is 0.167. The molecule has 0 spiro atoms. The van der Waals surface area contributed by atoms with E-state index in [9.17, 15) is 13.6 Å². The summed E-state index contributed by atoms with van der Waals surface area (Å²) >= 11 is 0. The number of hydrogen-bond acceptors (Lipinski definition) is 3. The van der Waals surface area contributed by atoms with Crippen LogP contribution in [0.2, 0.25) is 0 Å². The maximum Gasteiger partial charge on any atom is 0.320 e. The number of aliphatic carboxylic acids is 1. The number of nitrogens with two attached hydrogens (primary N) is 1. The van der Waals surface area contributed by atoms with Crippen molar-refractivity contribution >= 4 is 5.97 Å². The molecule has 1 aromatic heterocycles. The molecular weight excluding hydrogens is 256 g/mol. The van der Waals surface area contributed by atoms with Gasteiger partial charge < -0.3 is 15.8 Å². The summed E-state index contributed by atoms with van der Waals surface area (Å²) in [6.45, 7) is 0. The zero-order valence-corrected chi connectivity index (χ0v) is 9.73. The van der Waals surface area contributed by atoms with Crippen molar-refractivity contribution in [3.8, 4) is 11.3 Å². The van der Waals surface area contributed by atoms with E-state index in [0.29, 0.717) is 17.1 Å². The number of aromatic nitrogens is 2. The molecule has 2 aromatic rings. The first-order valence-corrected chi connectivity index (χ1v) is 5.45. The zero-order chi connectivity index (χ0) is 14.0. The van der Waals surface area contributed by atoms with Gasteiger partial charge in [-0.3, -0.25) is 4.79 Å². The van der Waals surface area contributed by atoms with E-state index < -0.39 is 23.6 Å². The van der Waals surface area contributed by atoms with Crippen molar-refractivity contribution in [2.45, 2.75) is 12.5 Å². The van der Waals surface area contributed by atoms with Crippen LogP contribution < -0.4 is 5.73 Å². The number of aromatic amines is 1. The van der Waals surface area contributed by atoms with E-state index in [1.807, 2.05) is 0 Å². The quantitative estimate of drug-likeness (QED) is 0.778. The Kier molecular flexibility index (Phi) is 3.57. The first-order chi connectivity index (χ1) is 8.97. The maximum absolute atomic E-state index is 13.1. The molecule has 0 saturated carbocycles. The molecule has 4 N–H and O–H groups in total. The topological polar surface area (TPSA) is 92.0 Å². The highest BCUT2D eigenvalue weighted by Gasteiger charge is 2.15. The molecule has 0 saturated heterocycles. The van der Waals surface area contributed by atoms with Crippen LogP contribution in [-0.2, 0) is 11.2 Å². The van der Waals surface area contributed by atoms with Crippen molar-refractivity contribution in [1.29, 1.82) is 0 Å². The van der Waals surface area contributed by atoms with Crippen LogP contribution >= 0.6 is 0 Å². The molecule has 1 heterocycles. The molecule has 0 radical (unpaired) electrons. The van der Waals surface area contributed by atoms with Gasteiger partial charge in [0.2, 0.25) is 0 Å². The molecule has 1 unspecified atom stereocenters. The fourth-order valence-corrected chi connectivity index (χ4v) is 1.57. The molecule has 0 fully saturated rings. The Morgan fingerprint density at radius 3 is 2.79 bits per heavy atom. The molecule has 1 aromatic carbocycles. The molecule has 0 aliphatic rings. The molecule has 5 nitrogen and oxygen atoms in total. The van der Waals surface area contributed by atoms with Crippen LogP contribution in [-0.4, -0.2) is 27.1 Å². The summed E-state index contributed by atoms with van der Waals surface area (Å²) in [5, 5.41) is 8.68. The highest BCUT2D eigenvalue weighted by atomic mass is 19.2. The van der Waals surface area contributed by atoms with Gasteiger partial charge in [-0.05, 0) is 18.2 Å². The third kappa shape index (κ3) is 2.94. The van der Waals surface area contributed by atoms with Gasteiger partial charge in [-0.2, -0.15) is 0 Å². The smallest absolute Gasteiger partial charge is 0.320 e. The molecule has 0 aliphatic heterocycles. The Morgan fingerprint density at radius 1 is 1.42 bits per heavy atom. The van der Waals surface area contributed by atoms with Crippen LogP contribution in [0.5, 0.6) is 0 Å². The van der Waals surface area contributed by atoms with Crippen LogP contribution in [0, 0.1) is 11.6 Å². The maximum atomic E-state index is 13.1. The van der Waals surface area contributed by atoms with E-state index >= 15 is 0 Å². The van der Waals surface area contributed by atoms with Gasteiger partial charge in [0.15, 0.2) is 11.6 Å². The standard InChI is InChI=1S/C12H11F2N3O2/c13-7-2-1-6(3-8(7)14)10-5-16-11(17-10)4-9(15)12(18)19/h1-3,5,9H,4,15H2,(H,16,17)(H,18,19). The molecule has 0 amide bonds. The number of rotatable bonds is 4. The molecule has 19 heavy (non-hydrogen) atoms. The van der Waals surface area contributed by atoms with Gasteiger partial charge in [-0.1, -0.05) is 0 Å². The zero-order valence-electron chi connectivity index (χ0n) is 9.73. The minimum Gasteiger partial charge on any atom is -0.480 e. The van der Waals surface area contributed by atoms with Crippen molar-refractivity contribution in [3.63, 3.8) is 0 Å². The highest BCUT2D eigenvalue weighted by Crippen LogP contribution is 2.19. The Hall–Kier alpha value is -2.28. The monoisotopic (exact) mass is 267 g/mol. The Morgan fingerprint density at radius 2 is 2.16 bits per heavy atom. The number of H-pyrrole nitrogens is 1. The molecule has 100 valence electrons. The third-order valence-electron chi connectivity index (χ3n) is 2.59. The Bertz CT molecular complexity index is 613. The molecule has 7 heteroatoms. The summed E-state index contributed by atoms with van der Waals surface area (Å²) in [6.07, 6.45) is 1.44. The Labute approximate surface area is 107 Å². The van der Waals surface area contributed by atoms with E-state index in [0.717, 1.165) is 12.1 Å². The summed E-state index contributed by atoms with van der Waals surface area (Å²) in [4.78, 5) is 17.4. The summed E-state index contributed by atoms with van der Waals surface area (Å²) in [5.41, 5.74) is 6.25. The third-order valence-corrected chi connectivity index (χ3v) is 2.59. The minimum absolute atomic E-state index is 0.0268. The fourth-order valence-electron chi connectivity index (χ4n) is 1.57. The highest BCUT2D eigenvalue weighted by molar-refractivity contribution is 5.73. The first-order valence-electron chi connectivity index (χ1n) is 5.45. The average Bonchev–Trinajstić information content (AvgIpc) is 2.81. The summed E-state index contributed by atoms with van der Waals surface area (Å²) < 4.78 is 25.9. The van der Waals surface area contributed by atoms with Gasteiger partial charge in [0.1, 0.15) is 11.9 Å². The Balaban J connectivity index is 2.20. The van der Waals surface area contributed by atoms with Gasteiger partial charge in [-0.25, -0.2) is 13.8 Å². The van der Waals surface area contributed by atoms with Gasteiger partial charge in [-0.15, -0.1) is 0 Å². The van der Waals surface area contributed by atoms with E-state index in [-0.39, 0.29) is 6.42 Å². The van der Waals surface area contributed by atoms with Gasteiger partial charge in [0.25, 0.3) is 0 Å². The van der Waals surface area contributed by atoms with Crippen LogP contribution in [0.1, 0.15) is 5.82 Å². The van der Waals surface area contributed by atoms with Crippen LogP contribution in [0.4, 0.5) is 8.78 Å². The second-order valence-corrected chi connectivity index (χ2v) is 4.02. The van der Waals surface area contributed by atoms with Crippen molar-refractivity contribution in [2.24, 2.45) is 5.73 Å². The lowest BCUT2D eigenvalue weighted by Gasteiger charge is -2.03. The minimum atomic E-state index is -1.13. The van der Waals surface area contributed by atoms with E-state index in [2.05, 4.69) is 9.97 Å². The SMILES string of the molecule is NC(Cc1ncc(-c2ccc(F)c(F)c2)[nH]1)C(=O)O. The molecule has 0 bridgehead atoms. The largest absolute Gasteiger partial charge is 0.480 e. The number of halogens is 2. The van der Waals surface area contributed by atoms with E-state index in [1.165, 1.54) is 12.3 Å². The number of carboxylic acid groups (broad SMARTS) is 1. The normalized spacial score (nSPS) is 12.4. The average molecular weight is 267 g/mol. The summed E-state index contributed by atoms with van der Waals surface area (Å²) in [5.74, 6) is -2.66. The second-order valence-electron chi connectivity index (χ2n) is 4.02. The van der Waals surface area contributed by atoms with Crippen LogP contribution in [0.3, 0.4) is 0 Å².